The lowest BCUT2D eigenvalue weighted by Crippen LogP contribution is -2.34. The van der Waals surface area contributed by atoms with Crippen LogP contribution in [0.25, 0.3) is 22.6 Å². The van der Waals surface area contributed by atoms with Crippen molar-refractivity contribution in [2.45, 2.75) is 20.8 Å². The van der Waals surface area contributed by atoms with Crippen molar-refractivity contribution in [1.29, 1.82) is 0 Å². The summed E-state index contributed by atoms with van der Waals surface area (Å²) in [5.41, 5.74) is 6.91. The number of thiocarbonyl (C=S) groups is 1. The van der Waals surface area contributed by atoms with Crippen molar-refractivity contribution in [1.82, 2.24) is 10.3 Å². The zero-order valence-corrected chi connectivity index (χ0v) is 17.8. The lowest BCUT2D eigenvalue weighted by atomic mass is 10.1. The van der Waals surface area contributed by atoms with Crippen molar-refractivity contribution in [3.8, 4) is 11.5 Å². The molecule has 0 bridgehead atoms. The number of rotatable bonds is 3. The number of nitrogens with one attached hydrogen (secondary N) is 2. The first-order valence-electron chi connectivity index (χ1n) is 9.56. The summed E-state index contributed by atoms with van der Waals surface area (Å²) in [6.07, 6.45) is 0. The normalized spacial score (nSPS) is 10.8. The van der Waals surface area contributed by atoms with Gasteiger partial charge < -0.3 is 9.73 Å². The number of aryl methyl sites for hydroxylation is 3. The fraction of sp³-hybridized carbons (Fsp3) is 0.125. The Morgan fingerprint density at radius 1 is 0.933 bits per heavy atom. The van der Waals surface area contributed by atoms with E-state index in [1.807, 2.05) is 69.3 Å². The SMILES string of the molecule is Cc1ccc(C(=O)NC(=S)Nc2cc(-c3nc4ccc(C)cc4o3)ccc2C)cc1. The standard InChI is InChI=1S/C24H21N3O2S/c1-14-4-8-17(9-5-14)22(28)27-24(30)26-20-13-18(10-7-16(20)3)23-25-19-11-6-15(2)12-21(19)29-23/h4-13H,1-3H3,(H2,26,27,28,30). The molecular formula is C24H21N3O2S. The molecule has 4 aromatic rings. The van der Waals surface area contributed by atoms with Gasteiger partial charge in [0.15, 0.2) is 10.7 Å². The van der Waals surface area contributed by atoms with E-state index in [0.29, 0.717) is 11.5 Å². The van der Waals surface area contributed by atoms with Crippen molar-refractivity contribution >= 4 is 40.0 Å². The number of carbonyl (C=O) groups excluding carboxylic acids is 1. The lowest BCUT2D eigenvalue weighted by molar-refractivity contribution is 0.0977. The minimum atomic E-state index is -0.254. The van der Waals surface area contributed by atoms with Gasteiger partial charge in [-0.1, -0.05) is 29.8 Å². The van der Waals surface area contributed by atoms with Crippen molar-refractivity contribution in [3.05, 3.63) is 82.9 Å². The Labute approximate surface area is 180 Å². The van der Waals surface area contributed by atoms with Crippen LogP contribution in [0, 0.1) is 20.8 Å². The predicted octanol–water partition coefficient (Wildman–Crippen LogP) is 5.55. The number of oxazole rings is 1. The van der Waals surface area contributed by atoms with E-state index >= 15 is 0 Å². The van der Waals surface area contributed by atoms with Crippen LogP contribution < -0.4 is 10.6 Å². The molecule has 0 unspecified atom stereocenters. The second kappa shape index (κ2) is 8.08. The summed E-state index contributed by atoms with van der Waals surface area (Å²) in [4.78, 5) is 17.0. The third-order valence-corrected chi connectivity index (χ3v) is 5.02. The highest BCUT2D eigenvalue weighted by Gasteiger charge is 2.12. The van der Waals surface area contributed by atoms with E-state index < -0.39 is 0 Å². The van der Waals surface area contributed by atoms with Gasteiger partial charge in [-0.15, -0.1) is 0 Å². The summed E-state index contributed by atoms with van der Waals surface area (Å²) in [5, 5.41) is 6.06. The van der Waals surface area contributed by atoms with Crippen LogP contribution in [0.3, 0.4) is 0 Å². The van der Waals surface area contributed by atoms with Crippen LogP contribution in [-0.4, -0.2) is 16.0 Å². The fourth-order valence-electron chi connectivity index (χ4n) is 3.08. The maximum absolute atomic E-state index is 12.4. The van der Waals surface area contributed by atoms with Gasteiger partial charge in [0.05, 0.1) is 0 Å². The third-order valence-electron chi connectivity index (χ3n) is 4.82. The third kappa shape index (κ3) is 4.23. The average molecular weight is 416 g/mol. The molecule has 150 valence electrons. The van der Waals surface area contributed by atoms with E-state index in [9.17, 15) is 4.79 Å². The van der Waals surface area contributed by atoms with Crippen molar-refractivity contribution in [3.63, 3.8) is 0 Å². The predicted molar refractivity (Wildman–Crippen MR) is 124 cm³/mol. The topological polar surface area (TPSA) is 67.2 Å². The molecule has 0 atom stereocenters. The second-order valence-electron chi connectivity index (χ2n) is 7.29. The van der Waals surface area contributed by atoms with E-state index in [-0.39, 0.29) is 11.0 Å². The number of carbonyl (C=O) groups is 1. The largest absolute Gasteiger partial charge is 0.436 e. The van der Waals surface area contributed by atoms with Crippen LogP contribution in [0.5, 0.6) is 0 Å². The molecule has 1 heterocycles. The molecular weight excluding hydrogens is 394 g/mol. The summed E-state index contributed by atoms with van der Waals surface area (Å²) in [6, 6.07) is 19.1. The minimum absolute atomic E-state index is 0.231. The number of anilines is 1. The van der Waals surface area contributed by atoms with E-state index in [1.54, 1.807) is 12.1 Å². The molecule has 3 aromatic carbocycles. The van der Waals surface area contributed by atoms with Crippen LogP contribution in [-0.2, 0) is 0 Å². The maximum atomic E-state index is 12.4. The average Bonchev–Trinajstić information content (AvgIpc) is 3.13. The molecule has 0 spiro atoms. The number of hydrogen-bond donors (Lipinski definition) is 2. The second-order valence-corrected chi connectivity index (χ2v) is 7.70. The monoisotopic (exact) mass is 415 g/mol. The van der Waals surface area contributed by atoms with Crippen LogP contribution in [0.1, 0.15) is 27.0 Å². The van der Waals surface area contributed by atoms with Gasteiger partial charge in [0, 0.05) is 16.8 Å². The Morgan fingerprint density at radius 3 is 2.43 bits per heavy atom. The zero-order valence-electron chi connectivity index (χ0n) is 16.9. The fourth-order valence-corrected chi connectivity index (χ4v) is 3.28. The number of fused-ring (bicyclic) bond motifs is 1. The first-order valence-corrected chi connectivity index (χ1v) is 9.97. The molecule has 4 rings (SSSR count). The molecule has 30 heavy (non-hydrogen) atoms. The van der Waals surface area contributed by atoms with E-state index in [4.69, 9.17) is 16.6 Å². The van der Waals surface area contributed by atoms with Gasteiger partial charge in [-0.25, -0.2) is 4.98 Å². The molecule has 0 saturated carbocycles. The van der Waals surface area contributed by atoms with Gasteiger partial charge in [-0.2, -0.15) is 0 Å². The van der Waals surface area contributed by atoms with Crippen molar-refractivity contribution < 1.29 is 9.21 Å². The highest BCUT2D eigenvalue weighted by Crippen LogP contribution is 2.28. The van der Waals surface area contributed by atoms with Gasteiger partial charge in [-0.3, -0.25) is 10.1 Å². The van der Waals surface area contributed by atoms with Gasteiger partial charge in [0.1, 0.15) is 5.52 Å². The van der Waals surface area contributed by atoms with Crippen LogP contribution in [0.2, 0.25) is 0 Å². The molecule has 1 amide bonds. The Kier molecular flexibility index (Phi) is 5.33. The van der Waals surface area contributed by atoms with Gasteiger partial charge in [0.25, 0.3) is 5.91 Å². The Hall–Kier alpha value is -3.51. The summed E-state index contributed by atoms with van der Waals surface area (Å²) in [5.74, 6) is 0.281. The first kappa shape index (κ1) is 19.8. The Balaban J connectivity index is 1.53. The number of nitrogens with zero attached hydrogens (tertiary/aromatic N) is 1. The number of aromatic nitrogens is 1. The maximum Gasteiger partial charge on any atom is 0.257 e. The lowest BCUT2D eigenvalue weighted by Gasteiger charge is -2.12. The summed E-state index contributed by atoms with van der Waals surface area (Å²) in [7, 11) is 0. The van der Waals surface area contributed by atoms with Crippen LogP contribution in [0.4, 0.5) is 5.69 Å². The Morgan fingerprint density at radius 2 is 1.67 bits per heavy atom. The molecule has 5 nitrogen and oxygen atoms in total. The van der Waals surface area contributed by atoms with Crippen molar-refractivity contribution in [2.75, 3.05) is 5.32 Å². The molecule has 6 heteroatoms. The van der Waals surface area contributed by atoms with Crippen LogP contribution in [0.15, 0.2) is 65.1 Å². The van der Waals surface area contributed by atoms with Gasteiger partial charge in [0.2, 0.25) is 5.89 Å². The van der Waals surface area contributed by atoms with Crippen molar-refractivity contribution in [2.24, 2.45) is 0 Å². The molecule has 0 fully saturated rings. The molecule has 2 N–H and O–H groups in total. The molecule has 0 saturated heterocycles. The van der Waals surface area contributed by atoms with E-state index in [1.165, 1.54) is 0 Å². The smallest absolute Gasteiger partial charge is 0.257 e. The summed E-state index contributed by atoms with van der Waals surface area (Å²) in [6.45, 7) is 5.95. The number of hydrogen-bond acceptors (Lipinski definition) is 4. The highest BCUT2D eigenvalue weighted by atomic mass is 32.1. The molecule has 0 aliphatic heterocycles. The van der Waals surface area contributed by atoms with E-state index in [2.05, 4.69) is 15.6 Å². The summed E-state index contributed by atoms with van der Waals surface area (Å²) < 4.78 is 5.93. The molecule has 0 aliphatic rings. The molecule has 0 aliphatic carbocycles. The number of amides is 1. The van der Waals surface area contributed by atoms with Gasteiger partial charge in [-0.05, 0) is 80.5 Å². The van der Waals surface area contributed by atoms with Gasteiger partial charge >= 0.3 is 0 Å². The zero-order chi connectivity index (χ0) is 21.3. The highest BCUT2D eigenvalue weighted by molar-refractivity contribution is 7.80. The number of benzene rings is 3. The quantitative estimate of drug-likeness (QED) is 0.430. The first-order chi connectivity index (χ1) is 14.4. The van der Waals surface area contributed by atoms with E-state index in [0.717, 1.165) is 39.0 Å². The molecule has 0 radical (unpaired) electrons. The minimum Gasteiger partial charge on any atom is -0.436 e. The molecule has 1 aromatic heterocycles. The van der Waals surface area contributed by atoms with Crippen LogP contribution >= 0.6 is 12.2 Å². The summed E-state index contributed by atoms with van der Waals surface area (Å²) >= 11 is 5.34. The Bertz CT molecular complexity index is 1260.